The van der Waals surface area contributed by atoms with Gasteiger partial charge < -0.3 is 14.4 Å². The highest BCUT2D eigenvalue weighted by molar-refractivity contribution is 5.84. The molecule has 2 aromatic rings. The first-order chi connectivity index (χ1) is 15.6. The third kappa shape index (κ3) is 4.39. The number of methoxy groups -OCH3 is 1. The molecule has 3 aliphatic rings. The zero-order valence-electron chi connectivity index (χ0n) is 19.5. The Morgan fingerprint density at radius 1 is 1.34 bits per heavy atom. The Kier molecular flexibility index (Phi) is 7.11. The summed E-state index contributed by atoms with van der Waals surface area (Å²) in [5.41, 5.74) is 1.99. The third-order valence-corrected chi connectivity index (χ3v) is 7.29. The van der Waals surface area contributed by atoms with Gasteiger partial charge in [0.25, 0.3) is 0 Å². The highest BCUT2D eigenvalue weighted by Crippen LogP contribution is 2.43. The highest BCUT2D eigenvalue weighted by atomic mass is 16.5. The summed E-state index contributed by atoms with van der Waals surface area (Å²) in [5, 5.41) is 1.02. The van der Waals surface area contributed by atoms with Crippen LogP contribution in [0.15, 0.2) is 43.1 Å². The van der Waals surface area contributed by atoms with Crippen LogP contribution in [0.2, 0.25) is 0 Å². The predicted molar refractivity (Wildman–Crippen MR) is 127 cm³/mol. The van der Waals surface area contributed by atoms with Crippen LogP contribution in [-0.2, 0) is 9.53 Å². The minimum Gasteiger partial charge on any atom is -0.497 e. The van der Waals surface area contributed by atoms with Crippen LogP contribution in [0.1, 0.15) is 38.4 Å². The summed E-state index contributed by atoms with van der Waals surface area (Å²) < 4.78 is 12.0. The lowest BCUT2D eigenvalue weighted by Crippen LogP contribution is -2.55. The molecule has 6 nitrogen and oxygen atoms in total. The van der Waals surface area contributed by atoms with E-state index in [0.717, 1.165) is 41.7 Å². The molecule has 1 aromatic heterocycles. The topological polar surface area (TPSA) is 54.9 Å². The first-order valence-corrected chi connectivity index (χ1v) is 11.8. The van der Waals surface area contributed by atoms with Crippen LogP contribution in [0.25, 0.3) is 10.9 Å². The van der Waals surface area contributed by atoms with Crippen molar-refractivity contribution >= 4 is 16.8 Å². The average Bonchev–Trinajstić information content (AvgIpc) is 2.85. The van der Waals surface area contributed by atoms with E-state index >= 15 is 0 Å². The van der Waals surface area contributed by atoms with Gasteiger partial charge in [-0.1, -0.05) is 6.08 Å². The zero-order chi connectivity index (χ0) is 22.7. The number of carbonyl (C=O) groups excluding carboxylic acids is 1. The van der Waals surface area contributed by atoms with Gasteiger partial charge >= 0.3 is 0 Å². The maximum atomic E-state index is 12.8. The van der Waals surface area contributed by atoms with E-state index < -0.39 is 0 Å². The number of hydrogen-bond donors (Lipinski definition) is 0. The van der Waals surface area contributed by atoms with E-state index in [1.165, 1.54) is 6.42 Å². The quantitative estimate of drug-likeness (QED) is 0.554. The van der Waals surface area contributed by atoms with Crippen LogP contribution in [0.3, 0.4) is 0 Å². The summed E-state index contributed by atoms with van der Waals surface area (Å²) in [5.74, 6) is 1.99. The SMILES string of the molecule is C=C[C@H]1CN2CC[C@H]1C[C@H]2[C@H](OCC(=O)N(CC)CC)c1ccnc2ccc(OC)cc12. The van der Waals surface area contributed by atoms with Crippen LogP contribution in [0, 0.1) is 11.8 Å². The van der Waals surface area contributed by atoms with Crippen molar-refractivity contribution in [3.63, 3.8) is 0 Å². The maximum absolute atomic E-state index is 12.8. The number of piperidine rings is 3. The molecule has 5 atom stereocenters. The molecular weight excluding hydrogens is 402 g/mol. The summed E-state index contributed by atoms with van der Waals surface area (Å²) in [6.07, 6.45) is 5.99. The van der Waals surface area contributed by atoms with Crippen molar-refractivity contribution in [2.45, 2.75) is 38.8 Å². The van der Waals surface area contributed by atoms with Crippen molar-refractivity contribution in [1.82, 2.24) is 14.8 Å². The van der Waals surface area contributed by atoms with Gasteiger partial charge in [0.1, 0.15) is 12.4 Å². The fourth-order valence-corrected chi connectivity index (χ4v) is 5.45. The average molecular weight is 438 g/mol. The molecule has 1 amide bonds. The number of benzene rings is 1. The minimum absolute atomic E-state index is 0.0379. The van der Waals surface area contributed by atoms with E-state index in [-0.39, 0.29) is 24.7 Å². The molecule has 0 aliphatic carbocycles. The molecule has 3 aliphatic heterocycles. The van der Waals surface area contributed by atoms with Gasteiger partial charge in [0.15, 0.2) is 0 Å². The molecule has 0 N–H and O–H groups in total. The number of hydrogen-bond acceptors (Lipinski definition) is 5. The minimum atomic E-state index is -0.208. The number of carbonyl (C=O) groups is 1. The van der Waals surface area contributed by atoms with Gasteiger partial charge in [-0.3, -0.25) is 14.7 Å². The summed E-state index contributed by atoms with van der Waals surface area (Å²) >= 11 is 0. The Balaban J connectivity index is 1.69. The second kappa shape index (κ2) is 10.0. The van der Waals surface area contributed by atoms with E-state index in [0.29, 0.717) is 24.9 Å². The van der Waals surface area contributed by atoms with Crippen molar-refractivity contribution < 1.29 is 14.3 Å². The molecule has 172 valence electrons. The van der Waals surface area contributed by atoms with Crippen molar-refractivity contribution in [2.75, 3.05) is 39.9 Å². The number of likely N-dealkylation sites (N-methyl/N-ethyl adjacent to an activating group) is 1. The van der Waals surface area contributed by atoms with E-state index in [1.807, 2.05) is 49.2 Å². The molecule has 32 heavy (non-hydrogen) atoms. The molecule has 5 rings (SSSR count). The lowest BCUT2D eigenvalue weighted by molar-refractivity contribution is -0.142. The molecule has 0 radical (unpaired) electrons. The Bertz CT molecular complexity index is 958. The van der Waals surface area contributed by atoms with Crippen molar-refractivity contribution in [1.29, 1.82) is 0 Å². The Hall–Kier alpha value is -2.44. The van der Waals surface area contributed by atoms with Crippen LogP contribution < -0.4 is 4.74 Å². The monoisotopic (exact) mass is 437 g/mol. The predicted octanol–water partition coefficient (Wildman–Crippen LogP) is 4.07. The van der Waals surface area contributed by atoms with Gasteiger partial charge in [-0.25, -0.2) is 0 Å². The number of nitrogens with zero attached hydrogens (tertiary/aromatic N) is 3. The molecule has 0 spiro atoms. The van der Waals surface area contributed by atoms with E-state index in [4.69, 9.17) is 9.47 Å². The number of fused-ring (bicyclic) bond motifs is 4. The smallest absolute Gasteiger partial charge is 0.248 e. The van der Waals surface area contributed by atoms with Crippen molar-refractivity contribution in [2.24, 2.45) is 11.8 Å². The van der Waals surface area contributed by atoms with Crippen LogP contribution in [-0.4, -0.2) is 66.6 Å². The number of rotatable bonds is 9. The Morgan fingerprint density at radius 2 is 2.16 bits per heavy atom. The first kappa shape index (κ1) is 22.7. The molecular formula is C26H35N3O3. The van der Waals surface area contributed by atoms with Gasteiger partial charge in [-0.2, -0.15) is 0 Å². The number of amides is 1. The molecule has 3 fully saturated rings. The summed E-state index contributed by atoms with van der Waals surface area (Å²) in [6, 6.07) is 8.22. The van der Waals surface area contributed by atoms with Crippen LogP contribution >= 0.6 is 0 Å². The van der Waals surface area contributed by atoms with Gasteiger partial charge in [-0.05, 0) is 74.9 Å². The van der Waals surface area contributed by atoms with Gasteiger partial charge in [0.05, 0.1) is 18.7 Å². The Morgan fingerprint density at radius 3 is 2.81 bits per heavy atom. The fraction of sp³-hybridized carbons (Fsp3) is 0.538. The maximum Gasteiger partial charge on any atom is 0.248 e. The fourth-order valence-electron chi connectivity index (χ4n) is 5.45. The molecule has 1 aromatic carbocycles. The number of ether oxygens (including phenoxy) is 2. The van der Waals surface area contributed by atoms with Crippen molar-refractivity contribution in [3.8, 4) is 5.75 Å². The molecule has 6 heteroatoms. The molecule has 2 bridgehead atoms. The summed E-state index contributed by atoms with van der Waals surface area (Å²) in [4.78, 5) is 21.7. The third-order valence-electron chi connectivity index (χ3n) is 7.29. The number of pyridine rings is 1. The molecule has 3 saturated heterocycles. The first-order valence-electron chi connectivity index (χ1n) is 11.8. The van der Waals surface area contributed by atoms with E-state index in [9.17, 15) is 4.79 Å². The normalized spacial score (nSPS) is 25.5. The van der Waals surface area contributed by atoms with Crippen LogP contribution in [0.5, 0.6) is 5.75 Å². The second-order valence-corrected chi connectivity index (χ2v) is 8.83. The summed E-state index contributed by atoms with van der Waals surface area (Å²) in [7, 11) is 1.68. The second-order valence-electron chi connectivity index (χ2n) is 8.83. The van der Waals surface area contributed by atoms with E-state index in [1.54, 1.807) is 7.11 Å². The highest BCUT2D eigenvalue weighted by Gasteiger charge is 2.43. The molecule has 1 unspecified atom stereocenters. The van der Waals surface area contributed by atoms with Gasteiger partial charge in [-0.15, -0.1) is 6.58 Å². The number of aromatic nitrogens is 1. The van der Waals surface area contributed by atoms with Crippen LogP contribution in [0.4, 0.5) is 0 Å². The standard InChI is InChI=1S/C26H35N3O3/c1-5-18-16-29-13-11-19(18)14-24(29)26(32-17-25(30)28(6-2)7-3)21-10-12-27-23-9-8-20(31-4)15-22(21)23/h5,8-10,12,15,18-19,24,26H,1,6-7,11,13-14,16-17H2,2-4H3/t18-,19-,24-,26+/m0/s1. The molecule has 0 saturated carbocycles. The van der Waals surface area contributed by atoms with Gasteiger partial charge in [0.2, 0.25) is 5.91 Å². The van der Waals surface area contributed by atoms with E-state index in [2.05, 4.69) is 22.5 Å². The largest absolute Gasteiger partial charge is 0.497 e. The lowest BCUT2D eigenvalue weighted by atomic mass is 9.73. The summed E-state index contributed by atoms with van der Waals surface area (Å²) in [6.45, 7) is 11.6. The zero-order valence-corrected chi connectivity index (χ0v) is 19.5. The lowest BCUT2D eigenvalue weighted by Gasteiger charge is -2.51. The molecule has 4 heterocycles. The van der Waals surface area contributed by atoms with Gasteiger partial charge in [0, 0.05) is 37.3 Å². The Labute approximate surface area is 191 Å². The van der Waals surface area contributed by atoms with Crippen molar-refractivity contribution in [3.05, 3.63) is 48.7 Å².